The van der Waals surface area contributed by atoms with Crippen LogP contribution in [-0.4, -0.2) is 35.7 Å². The fourth-order valence-corrected chi connectivity index (χ4v) is 4.36. The van der Waals surface area contributed by atoms with Gasteiger partial charge in [0.25, 0.3) is 0 Å². The van der Waals surface area contributed by atoms with Crippen LogP contribution < -0.4 is 0 Å². The van der Waals surface area contributed by atoms with Crippen LogP contribution >= 0.6 is 0 Å². The molecule has 0 aliphatic heterocycles. The van der Waals surface area contributed by atoms with Gasteiger partial charge in [0.2, 0.25) is 0 Å². The van der Waals surface area contributed by atoms with Gasteiger partial charge < -0.3 is 10.0 Å². The van der Waals surface area contributed by atoms with Crippen molar-refractivity contribution in [1.29, 1.82) is 0 Å². The average Bonchev–Trinajstić information content (AvgIpc) is 2.74. The van der Waals surface area contributed by atoms with E-state index in [2.05, 4.69) is 39.5 Å². The Balaban J connectivity index is 0. The first-order valence-corrected chi connectivity index (χ1v) is 14.9. The molecule has 0 saturated carbocycles. The zero-order valence-electron chi connectivity index (χ0n) is 23.6. The Kier molecular flexibility index (Phi) is 30.8. The van der Waals surface area contributed by atoms with Crippen LogP contribution in [0.2, 0.25) is 0 Å². The molecule has 0 heterocycles. The molecule has 196 valence electrons. The largest absolute Gasteiger partial charge is 0.393 e. The van der Waals surface area contributed by atoms with Crippen molar-refractivity contribution in [3.63, 3.8) is 0 Å². The second kappa shape index (κ2) is 29.0. The van der Waals surface area contributed by atoms with Gasteiger partial charge >= 0.3 is 0 Å². The lowest BCUT2D eigenvalue weighted by atomic mass is 10.1. The maximum Gasteiger partial charge on any atom is 0.0514 e. The van der Waals surface area contributed by atoms with Crippen LogP contribution in [0.4, 0.5) is 0 Å². The van der Waals surface area contributed by atoms with Crippen LogP contribution in [0, 0.1) is 5.92 Å². The highest BCUT2D eigenvalue weighted by Crippen LogP contribution is 2.11. The van der Waals surface area contributed by atoms with E-state index in [4.69, 9.17) is 5.11 Å². The van der Waals surface area contributed by atoms with Crippen molar-refractivity contribution in [2.24, 2.45) is 5.92 Å². The molecule has 0 amide bonds. The van der Waals surface area contributed by atoms with Gasteiger partial charge in [0.05, 0.1) is 6.10 Å². The summed E-state index contributed by atoms with van der Waals surface area (Å²) in [6.07, 6.45) is 26.5. The fourth-order valence-electron chi connectivity index (χ4n) is 4.36. The molecule has 32 heavy (non-hydrogen) atoms. The van der Waals surface area contributed by atoms with Gasteiger partial charge in [-0.1, -0.05) is 131 Å². The SMILES string of the molecule is CC(C)CC(C)O.CCCCCCCCN(CCCCCCCC)CCCCCCCC. The molecule has 2 heteroatoms. The number of unbranched alkanes of at least 4 members (excludes halogenated alkanes) is 15. The molecule has 1 N–H and O–H groups in total. The molecule has 0 aromatic carbocycles. The van der Waals surface area contributed by atoms with E-state index >= 15 is 0 Å². The third-order valence-corrected chi connectivity index (χ3v) is 6.30. The molecule has 0 aliphatic rings. The summed E-state index contributed by atoms with van der Waals surface area (Å²) in [4.78, 5) is 2.79. The monoisotopic (exact) mass is 456 g/mol. The van der Waals surface area contributed by atoms with E-state index in [1.54, 1.807) is 0 Å². The molecule has 0 spiro atoms. The van der Waals surface area contributed by atoms with E-state index in [9.17, 15) is 0 Å². The third kappa shape index (κ3) is 32.1. The molecule has 0 aromatic rings. The van der Waals surface area contributed by atoms with Gasteiger partial charge in [-0.3, -0.25) is 0 Å². The van der Waals surface area contributed by atoms with Crippen LogP contribution in [-0.2, 0) is 0 Å². The summed E-state index contributed by atoms with van der Waals surface area (Å²) in [7, 11) is 0. The van der Waals surface area contributed by atoms with Crippen molar-refractivity contribution in [3.8, 4) is 0 Å². The van der Waals surface area contributed by atoms with Gasteiger partial charge in [0.15, 0.2) is 0 Å². The quantitative estimate of drug-likeness (QED) is 0.155. The maximum atomic E-state index is 8.72. The zero-order chi connectivity index (χ0) is 24.3. The topological polar surface area (TPSA) is 23.5 Å². The highest BCUT2D eigenvalue weighted by Gasteiger charge is 2.05. The standard InChI is InChI=1S/C24H51N.C6H14O/c1-4-7-10-13-16-19-22-25(23-20-17-14-11-8-5-2)24-21-18-15-12-9-6-3;1-5(2)4-6(3)7/h4-24H2,1-3H3;5-7H,4H2,1-3H3. The molecule has 0 aliphatic carbocycles. The summed E-state index contributed by atoms with van der Waals surface area (Å²) in [5.41, 5.74) is 0. The van der Waals surface area contributed by atoms with Crippen LogP contribution in [0.3, 0.4) is 0 Å². The van der Waals surface area contributed by atoms with E-state index in [0.717, 1.165) is 6.42 Å². The lowest BCUT2D eigenvalue weighted by Gasteiger charge is -2.22. The Hall–Kier alpha value is -0.0800. The predicted molar refractivity (Wildman–Crippen MR) is 148 cm³/mol. The minimum Gasteiger partial charge on any atom is -0.393 e. The van der Waals surface area contributed by atoms with Crippen molar-refractivity contribution >= 4 is 0 Å². The molecule has 2 nitrogen and oxygen atoms in total. The molecule has 0 fully saturated rings. The van der Waals surface area contributed by atoms with Crippen LogP contribution in [0.25, 0.3) is 0 Å². The Labute approximate surface area is 205 Å². The third-order valence-electron chi connectivity index (χ3n) is 6.30. The normalized spacial score (nSPS) is 12.3. The lowest BCUT2D eigenvalue weighted by Crippen LogP contribution is -2.27. The number of hydrogen-bond acceptors (Lipinski definition) is 2. The van der Waals surface area contributed by atoms with Crippen molar-refractivity contribution in [3.05, 3.63) is 0 Å². The molecule has 1 unspecified atom stereocenters. The van der Waals surface area contributed by atoms with Gasteiger partial charge in [0, 0.05) is 0 Å². The Morgan fingerprint density at radius 1 is 0.469 bits per heavy atom. The summed E-state index contributed by atoms with van der Waals surface area (Å²) >= 11 is 0. The van der Waals surface area contributed by atoms with Gasteiger partial charge in [0.1, 0.15) is 0 Å². The molecule has 0 saturated heterocycles. The highest BCUT2D eigenvalue weighted by atomic mass is 16.3. The summed E-state index contributed by atoms with van der Waals surface area (Å²) in [5, 5.41) is 8.72. The number of aliphatic hydroxyl groups is 1. The zero-order valence-corrected chi connectivity index (χ0v) is 23.6. The number of aliphatic hydroxyl groups excluding tert-OH is 1. The number of nitrogens with zero attached hydrogens (tertiary/aromatic N) is 1. The van der Waals surface area contributed by atoms with Crippen molar-refractivity contribution < 1.29 is 5.11 Å². The van der Waals surface area contributed by atoms with E-state index in [1.165, 1.54) is 135 Å². The summed E-state index contributed by atoms with van der Waals surface area (Å²) in [6.45, 7) is 17.0. The van der Waals surface area contributed by atoms with Gasteiger partial charge in [-0.15, -0.1) is 0 Å². The summed E-state index contributed by atoms with van der Waals surface area (Å²) in [6, 6.07) is 0. The minimum atomic E-state index is -0.125. The fraction of sp³-hybridized carbons (Fsp3) is 1.00. The van der Waals surface area contributed by atoms with Gasteiger partial charge in [-0.05, 0) is 58.2 Å². The number of hydrogen-bond donors (Lipinski definition) is 1. The molecule has 0 aromatic heterocycles. The smallest absolute Gasteiger partial charge is 0.0514 e. The molecule has 1 atom stereocenters. The molecular weight excluding hydrogens is 390 g/mol. The highest BCUT2D eigenvalue weighted by molar-refractivity contribution is 4.60. The first-order valence-electron chi connectivity index (χ1n) is 14.9. The maximum absolute atomic E-state index is 8.72. The molecule has 0 rings (SSSR count). The van der Waals surface area contributed by atoms with Crippen molar-refractivity contribution in [2.75, 3.05) is 19.6 Å². The summed E-state index contributed by atoms with van der Waals surface area (Å²) in [5.74, 6) is 0.625. The average molecular weight is 456 g/mol. The van der Waals surface area contributed by atoms with Crippen LogP contribution in [0.5, 0.6) is 0 Å². The number of rotatable bonds is 23. The predicted octanol–water partition coefficient (Wildman–Crippen LogP) is 9.78. The Bertz CT molecular complexity index is 272. The second-order valence-corrected chi connectivity index (χ2v) is 10.6. The van der Waals surface area contributed by atoms with E-state index in [-0.39, 0.29) is 6.10 Å². The molecule has 0 bridgehead atoms. The van der Waals surface area contributed by atoms with Crippen LogP contribution in [0.15, 0.2) is 0 Å². The Morgan fingerprint density at radius 3 is 0.969 bits per heavy atom. The van der Waals surface area contributed by atoms with Gasteiger partial charge in [-0.25, -0.2) is 0 Å². The first-order chi connectivity index (χ1) is 15.5. The van der Waals surface area contributed by atoms with Crippen LogP contribution in [0.1, 0.15) is 164 Å². The minimum absolute atomic E-state index is 0.125. The first kappa shape index (κ1) is 34.1. The van der Waals surface area contributed by atoms with Gasteiger partial charge in [-0.2, -0.15) is 0 Å². The van der Waals surface area contributed by atoms with Crippen molar-refractivity contribution in [2.45, 2.75) is 170 Å². The lowest BCUT2D eigenvalue weighted by molar-refractivity contribution is 0.168. The van der Waals surface area contributed by atoms with E-state index < -0.39 is 0 Å². The molecule has 0 radical (unpaired) electrons. The van der Waals surface area contributed by atoms with E-state index in [1.807, 2.05) is 6.92 Å². The Morgan fingerprint density at radius 2 is 0.750 bits per heavy atom. The summed E-state index contributed by atoms with van der Waals surface area (Å²) < 4.78 is 0. The molecular formula is C30H65NO. The van der Waals surface area contributed by atoms with Crippen molar-refractivity contribution in [1.82, 2.24) is 4.90 Å². The second-order valence-electron chi connectivity index (χ2n) is 10.6. The van der Waals surface area contributed by atoms with E-state index in [0.29, 0.717) is 5.92 Å².